The molecule has 2 aromatic heterocycles. The van der Waals surface area contributed by atoms with E-state index in [2.05, 4.69) is 26.4 Å². The van der Waals surface area contributed by atoms with Gasteiger partial charge >= 0.3 is 0 Å². The smallest absolute Gasteiger partial charge is 0.226 e. The number of fused-ring (bicyclic) bond motifs is 3. The first-order chi connectivity index (χ1) is 14.7. The van der Waals surface area contributed by atoms with Gasteiger partial charge in [0, 0.05) is 30.0 Å². The third-order valence-corrected chi connectivity index (χ3v) is 5.83. The second kappa shape index (κ2) is 8.18. The van der Waals surface area contributed by atoms with Crippen LogP contribution in [-0.4, -0.2) is 57.3 Å². The largest absolute Gasteiger partial charge is 0.379 e. The first-order valence-electron chi connectivity index (χ1n) is 10.1. The van der Waals surface area contributed by atoms with Gasteiger partial charge < -0.3 is 10.1 Å². The Morgan fingerprint density at radius 1 is 1.07 bits per heavy atom. The number of ether oxygens (including phenoxy) is 1. The summed E-state index contributed by atoms with van der Waals surface area (Å²) in [4.78, 5) is 11.8. The Bertz CT molecular complexity index is 1190. The van der Waals surface area contributed by atoms with Gasteiger partial charge in [0.05, 0.1) is 24.8 Å². The number of aryl methyl sites for hydroxylation is 1. The normalized spacial score (nSPS) is 16.2. The molecule has 1 atom stereocenters. The maximum Gasteiger partial charge on any atom is 0.226 e. The lowest BCUT2D eigenvalue weighted by Crippen LogP contribution is -2.41. The van der Waals surface area contributed by atoms with E-state index in [1.807, 2.05) is 49.4 Å². The highest BCUT2D eigenvalue weighted by Crippen LogP contribution is 2.29. The maximum absolute atomic E-state index is 6.57. The molecule has 4 aromatic rings. The summed E-state index contributed by atoms with van der Waals surface area (Å²) >= 11 is 6.57. The minimum Gasteiger partial charge on any atom is -0.379 e. The number of para-hydroxylation sites is 1. The van der Waals surface area contributed by atoms with Gasteiger partial charge in [-0.2, -0.15) is 4.52 Å². The van der Waals surface area contributed by atoms with Gasteiger partial charge in [-0.3, -0.25) is 4.90 Å². The SMILES string of the molecule is Cc1nc2c3ccccc3nc(NCC(c3ccccc3Cl)N3CCOCC3)n2n1. The topological polar surface area (TPSA) is 67.6 Å². The van der Waals surface area contributed by atoms with Crippen molar-refractivity contribution < 1.29 is 4.74 Å². The highest BCUT2D eigenvalue weighted by atomic mass is 35.5. The highest BCUT2D eigenvalue weighted by Gasteiger charge is 2.25. The summed E-state index contributed by atoms with van der Waals surface area (Å²) in [5.41, 5.74) is 2.79. The van der Waals surface area contributed by atoms with Crippen LogP contribution in [0.4, 0.5) is 5.95 Å². The van der Waals surface area contributed by atoms with Crippen molar-refractivity contribution in [2.75, 3.05) is 38.2 Å². The molecule has 0 aliphatic carbocycles. The van der Waals surface area contributed by atoms with Crippen LogP contribution in [0.3, 0.4) is 0 Å². The van der Waals surface area contributed by atoms with E-state index in [1.165, 1.54) is 0 Å². The Kier molecular flexibility index (Phi) is 5.25. The number of aromatic nitrogens is 4. The zero-order valence-corrected chi connectivity index (χ0v) is 17.5. The first kappa shape index (κ1) is 19.2. The van der Waals surface area contributed by atoms with Gasteiger partial charge in [0.2, 0.25) is 5.95 Å². The lowest BCUT2D eigenvalue weighted by atomic mass is 10.0. The molecule has 0 spiro atoms. The van der Waals surface area contributed by atoms with Crippen LogP contribution in [0, 0.1) is 6.92 Å². The lowest BCUT2D eigenvalue weighted by molar-refractivity contribution is 0.0187. The van der Waals surface area contributed by atoms with Crippen LogP contribution in [0.2, 0.25) is 5.02 Å². The van der Waals surface area contributed by atoms with Gasteiger partial charge in [0.25, 0.3) is 0 Å². The Morgan fingerprint density at radius 2 is 1.83 bits per heavy atom. The van der Waals surface area contributed by atoms with Crippen LogP contribution in [0.1, 0.15) is 17.4 Å². The molecule has 1 unspecified atom stereocenters. The average Bonchev–Trinajstić information content (AvgIpc) is 3.18. The molecule has 3 heterocycles. The van der Waals surface area contributed by atoms with E-state index in [0.29, 0.717) is 18.3 Å². The second-order valence-electron chi connectivity index (χ2n) is 7.41. The van der Waals surface area contributed by atoms with Crippen LogP contribution < -0.4 is 5.32 Å². The van der Waals surface area contributed by atoms with E-state index in [0.717, 1.165) is 53.4 Å². The van der Waals surface area contributed by atoms with E-state index >= 15 is 0 Å². The van der Waals surface area contributed by atoms with Crippen molar-refractivity contribution in [1.29, 1.82) is 0 Å². The molecule has 0 bridgehead atoms. The minimum atomic E-state index is 0.0931. The number of morpholine rings is 1. The number of benzene rings is 2. The van der Waals surface area contributed by atoms with Crippen LogP contribution in [0.15, 0.2) is 48.5 Å². The summed E-state index contributed by atoms with van der Waals surface area (Å²) in [6.07, 6.45) is 0. The van der Waals surface area contributed by atoms with Crippen LogP contribution in [0.25, 0.3) is 16.6 Å². The van der Waals surface area contributed by atoms with Crippen molar-refractivity contribution in [1.82, 2.24) is 24.5 Å². The predicted molar refractivity (Wildman–Crippen MR) is 118 cm³/mol. The van der Waals surface area contributed by atoms with Crippen LogP contribution in [0.5, 0.6) is 0 Å². The number of rotatable bonds is 5. The van der Waals surface area contributed by atoms with Crippen molar-refractivity contribution in [3.63, 3.8) is 0 Å². The average molecular weight is 423 g/mol. The minimum absolute atomic E-state index is 0.0931. The molecule has 154 valence electrons. The molecule has 1 aliphatic heterocycles. The maximum atomic E-state index is 6.57. The van der Waals surface area contributed by atoms with E-state index in [-0.39, 0.29) is 6.04 Å². The Morgan fingerprint density at radius 3 is 2.67 bits per heavy atom. The van der Waals surface area contributed by atoms with E-state index in [9.17, 15) is 0 Å². The number of nitrogens with zero attached hydrogens (tertiary/aromatic N) is 5. The van der Waals surface area contributed by atoms with Crippen LogP contribution in [-0.2, 0) is 4.74 Å². The number of halogens is 1. The molecule has 1 aliphatic rings. The van der Waals surface area contributed by atoms with Crippen molar-refractivity contribution in [2.24, 2.45) is 0 Å². The monoisotopic (exact) mass is 422 g/mol. The van der Waals surface area contributed by atoms with E-state index in [4.69, 9.17) is 21.3 Å². The molecule has 5 rings (SSSR count). The fourth-order valence-corrected chi connectivity index (χ4v) is 4.29. The summed E-state index contributed by atoms with van der Waals surface area (Å²) in [7, 11) is 0. The fourth-order valence-electron chi connectivity index (χ4n) is 4.03. The van der Waals surface area contributed by atoms with Gasteiger partial charge in [-0.15, -0.1) is 5.10 Å². The zero-order valence-electron chi connectivity index (χ0n) is 16.8. The number of anilines is 1. The first-order valence-corrected chi connectivity index (χ1v) is 10.5. The highest BCUT2D eigenvalue weighted by molar-refractivity contribution is 6.31. The van der Waals surface area contributed by atoms with Gasteiger partial charge in [-0.25, -0.2) is 9.97 Å². The summed E-state index contributed by atoms with van der Waals surface area (Å²) in [5, 5.41) is 9.84. The number of hydrogen-bond donors (Lipinski definition) is 1. The second-order valence-corrected chi connectivity index (χ2v) is 7.82. The van der Waals surface area contributed by atoms with Crippen molar-refractivity contribution in [3.05, 3.63) is 64.9 Å². The molecule has 2 aromatic carbocycles. The lowest BCUT2D eigenvalue weighted by Gasteiger charge is -2.35. The molecule has 8 heteroatoms. The van der Waals surface area contributed by atoms with Gasteiger partial charge in [0.15, 0.2) is 5.65 Å². The van der Waals surface area contributed by atoms with E-state index in [1.54, 1.807) is 4.52 Å². The van der Waals surface area contributed by atoms with Gasteiger partial charge in [-0.05, 0) is 30.7 Å². The van der Waals surface area contributed by atoms with E-state index < -0.39 is 0 Å². The summed E-state index contributed by atoms with van der Waals surface area (Å²) < 4.78 is 7.35. The van der Waals surface area contributed by atoms with Crippen molar-refractivity contribution in [2.45, 2.75) is 13.0 Å². The summed E-state index contributed by atoms with van der Waals surface area (Å²) in [6, 6.07) is 16.1. The Balaban J connectivity index is 1.51. The molecule has 30 heavy (non-hydrogen) atoms. The van der Waals surface area contributed by atoms with Crippen LogP contribution >= 0.6 is 11.6 Å². The number of hydrogen-bond acceptors (Lipinski definition) is 6. The summed E-state index contributed by atoms with van der Waals surface area (Å²) in [6.45, 7) is 5.71. The number of nitrogens with one attached hydrogen (secondary N) is 1. The third-order valence-electron chi connectivity index (χ3n) is 5.49. The predicted octanol–water partition coefficient (Wildman–Crippen LogP) is 3.72. The molecular formula is C22H23ClN6O. The molecule has 1 fully saturated rings. The molecule has 0 radical (unpaired) electrons. The van der Waals surface area contributed by atoms with Gasteiger partial charge in [-0.1, -0.05) is 41.9 Å². The fraction of sp³-hybridized carbons (Fsp3) is 0.318. The van der Waals surface area contributed by atoms with Gasteiger partial charge in [0.1, 0.15) is 5.82 Å². The van der Waals surface area contributed by atoms with Crippen molar-refractivity contribution >= 4 is 34.1 Å². The van der Waals surface area contributed by atoms with Crippen molar-refractivity contribution in [3.8, 4) is 0 Å². The molecule has 0 saturated carbocycles. The standard InChI is InChI=1S/C22H23ClN6O/c1-15-25-21-17-7-3-5-9-19(17)26-22(29(21)27-15)24-14-20(28-10-12-30-13-11-28)16-6-2-4-8-18(16)23/h2-9,20H,10-14H2,1H3,(H,24,26). The zero-order chi connectivity index (χ0) is 20.5. The molecule has 0 amide bonds. The molecular weight excluding hydrogens is 400 g/mol. The molecule has 1 saturated heterocycles. The third kappa shape index (κ3) is 3.60. The summed E-state index contributed by atoms with van der Waals surface area (Å²) in [5.74, 6) is 1.39. The molecule has 7 nitrogen and oxygen atoms in total. The quantitative estimate of drug-likeness (QED) is 0.528. The Labute approximate surface area is 179 Å². The Hall–Kier alpha value is -2.74. The molecule has 1 N–H and O–H groups in total.